The third-order valence-corrected chi connectivity index (χ3v) is 8.28. The molecule has 1 amide bonds. The van der Waals surface area contributed by atoms with Gasteiger partial charge < -0.3 is 19.9 Å². The molecule has 0 bridgehead atoms. The third-order valence-electron chi connectivity index (χ3n) is 8.28. The van der Waals surface area contributed by atoms with Crippen LogP contribution in [0.25, 0.3) is 0 Å². The number of benzene rings is 3. The van der Waals surface area contributed by atoms with Crippen molar-refractivity contribution < 1.29 is 29.0 Å². The summed E-state index contributed by atoms with van der Waals surface area (Å²) in [6.07, 6.45) is 0.320. The summed E-state index contributed by atoms with van der Waals surface area (Å²) in [6.45, 7) is 6.52. The Morgan fingerprint density at radius 1 is 0.907 bits per heavy atom. The molecule has 0 saturated heterocycles. The lowest BCUT2D eigenvalue weighted by atomic mass is 9.77. The molecule has 0 radical (unpaired) electrons. The first-order chi connectivity index (χ1) is 20.5. The predicted molar refractivity (Wildman–Crippen MR) is 166 cm³/mol. The molecule has 8 nitrogen and oxygen atoms in total. The largest absolute Gasteiger partial charge is 0.493 e. The highest BCUT2D eigenvalue weighted by Crippen LogP contribution is 2.48. The Kier molecular flexibility index (Phi) is 8.31. The number of nitrogens with one attached hydrogen (secondary N) is 1. The van der Waals surface area contributed by atoms with Crippen LogP contribution in [0.3, 0.4) is 0 Å². The van der Waals surface area contributed by atoms with E-state index in [0.717, 1.165) is 11.3 Å². The number of anilines is 2. The molecule has 0 spiro atoms. The minimum atomic E-state index is -1.06. The Bertz CT molecular complexity index is 1580. The van der Waals surface area contributed by atoms with Crippen molar-refractivity contribution in [2.24, 2.45) is 0 Å². The zero-order valence-corrected chi connectivity index (χ0v) is 25.3. The lowest BCUT2D eigenvalue weighted by molar-refractivity contribution is -0.138. The topological polar surface area (TPSA) is 105 Å². The molecule has 0 saturated carbocycles. The van der Waals surface area contributed by atoms with E-state index in [4.69, 9.17) is 9.47 Å². The van der Waals surface area contributed by atoms with E-state index >= 15 is 0 Å². The first kappa shape index (κ1) is 29.9. The lowest BCUT2D eigenvalue weighted by Gasteiger charge is -2.35. The van der Waals surface area contributed by atoms with Gasteiger partial charge in [0.1, 0.15) is 0 Å². The minimum absolute atomic E-state index is 0.0203. The standard InChI is InChI=1S/C35H38N2O6/c1-35(2,3)24-13-10-21(11-14-24)23-18-26-33(28(38)19-23)34(22-12-15-29(42-4)30(20-22)43-5)37(31(39)16-17-32(40)41)27-9-7-6-8-25(27)36-26/h6-15,20,23,34,36H,16-19H2,1-5H3,(H,40,41)/t23-,34-/m0/s1. The Balaban J connectivity index is 1.67. The number of nitrogens with zero attached hydrogens (tertiary/aromatic N) is 1. The van der Waals surface area contributed by atoms with Gasteiger partial charge in [-0.25, -0.2) is 0 Å². The molecule has 0 aromatic heterocycles. The van der Waals surface area contributed by atoms with Crippen molar-refractivity contribution in [1.29, 1.82) is 0 Å². The molecule has 8 heteroatoms. The molecule has 2 aliphatic rings. The van der Waals surface area contributed by atoms with Gasteiger partial charge in [0, 0.05) is 24.1 Å². The van der Waals surface area contributed by atoms with Gasteiger partial charge in [-0.1, -0.05) is 63.2 Å². The van der Waals surface area contributed by atoms with E-state index in [1.165, 1.54) is 12.7 Å². The molecule has 0 fully saturated rings. The molecular formula is C35H38N2O6. The van der Waals surface area contributed by atoms with Gasteiger partial charge in [-0.2, -0.15) is 0 Å². The zero-order valence-electron chi connectivity index (χ0n) is 25.3. The molecule has 0 unspecified atom stereocenters. The number of carbonyl (C=O) groups is 3. The fourth-order valence-electron chi connectivity index (χ4n) is 6.03. The number of para-hydroxylation sites is 2. The summed E-state index contributed by atoms with van der Waals surface area (Å²) in [5, 5.41) is 12.9. The molecule has 1 aliphatic heterocycles. The molecule has 2 N–H and O–H groups in total. The number of Topliss-reactive ketones (excluding diaryl/α,β-unsaturated/α-hetero) is 1. The van der Waals surface area contributed by atoms with Gasteiger partial charge in [0.25, 0.3) is 0 Å². The number of hydrogen-bond acceptors (Lipinski definition) is 6. The highest BCUT2D eigenvalue weighted by atomic mass is 16.5. The van der Waals surface area contributed by atoms with Crippen LogP contribution in [0.15, 0.2) is 78.0 Å². The van der Waals surface area contributed by atoms with Crippen LogP contribution in [0.4, 0.5) is 11.4 Å². The summed E-state index contributed by atoms with van der Waals surface area (Å²) < 4.78 is 11.0. The van der Waals surface area contributed by atoms with Crippen LogP contribution in [0.2, 0.25) is 0 Å². The van der Waals surface area contributed by atoms with E-state index < -0.39 is 17.9 Å². The van der Waals surface area contributed by atoms with Crippen molar-refractivity contribution in [1.82, 2.24) is 0 Å². The number of rotatable bonds is 7. The van der Waals surface area contributed by atoms with Crippen LogP contribution in [0.1, 0.15) is 75.1 Å². The fourth-order valence-corrected chi connectivity index (χ4v) is 6.03. The third kappa shape index (κ3) is 6.00. The number of amides is 1. The highest BCUT2D eigenvalue weighted by Gasteiger charge is 2.42. The van der Waals surface area contributed by atoms with Crippen LogP contribution >= 0.6 is 0 Å². The summed E-state index contributed by atoms with van der Waals surface area (Å²) in [4.78, 5) is 41.2. The first-order valence-corrected chi connectivity index (χ1v) is 14.5. The molecular weight excluding hydrogens is 544 g/mol. The second-order valence-corrected chi connectivity index (χ2v) is 12.1. The average Bonchev–Trinajstić information content (AvgIpc) is 3.13. The molecule has 3 aromatic rings. The summed E-state index contributed by atoms with van der Waals surface area (Å²) in [5.74, 6) is -0.581. The van der Waals surface area contributed by atoms with Gasteiger partial charge in [-0.15, -0.1) is 0 Å². The van der Waals surface area contributed by atoms with Crippen molar-refractivity contribution in [3.8, 4) is 11.5 Å². The van der Waals surface area contributed by atoms with Gasteiger partial charge in [0.15, 0.2) is 17.3 Å². The number of ether oxygens (including phenoxy) is 2. The maximum atomic E-state index is 14.3. The van der Waals surface area contributed by atoms with E-state index in [-0.39, 0.29) is 36.4 Å². The maximum Gasteiger partial charge on any atom is 0.303 e. The van der Waals surface area contributed by atoms with Crippen molar-refractivity contribution >= 4 is 29.0 Å². The Labute approximate surface area is 252 Å². The van der Waals surface area contributed by atoms with Gasteiger partial charge >= 0.3 is 5.97 Å². The quantitative estimate of drug-likeness (QED) is 0.317. The molecule has 1 heterocycles. The van der Waals surface area contributed by atoms with E-state index in [2.05, 4.69) is 50.4 Å². The number of ketones is 1. The number of aliphatic carboxylic acids is 1. The molecule has 224 valence electrons. The van der Waals surface area contributed by atoms with Crippen LogP contribution in [-0.2, 0) is 19.8 Å². The van der Waals surface area contributed by atoms with E-state index in [9.17, 15) is 19.5 Å². The van der Waals surface area contributed by atoms with Crippen molar-refractivity contribution in [3.05, 3.63) is 94.7 Å². The van der Waals surface area contributed by atoms with Crippen LogP contribution in [0.5, 0.6) is 11.5 Å². The summed E-state index contributed by atoms with van der Waals surface area (Å²) in [7, 11) is 3.08. The SMILES string of the molecule is COc1ccc([C@H]2C3=C(C[C@H](c4ccc(C(C)(C)C)cc4)CC3=O)Nc3ccccc3N2C(=O)CCC(=O)O)cc1OC. The second-order valence-electron chi connectivity index (χ2n) is 12.1. The summed E-state index contributed by atoms with van der Waals surface area (Å²) in [6, 6.07) is 20.5. The normalized spacial score (nSPS) is 18.3. The minimum Gasteiger partial charge on any atom is -0.493 e. The zero-order chi connectivity index (χ0) is 30.9. The number of carboxylic acids is 1. The van der Waals surface area contributed by atoms with Crippen molar-refractivity contribution in [2.75, 3.05) is 24.4 Å². The highest BCUT2D eigenvalue weighted by molar-refractivity contribution is 6.06. The fraction of sp³-hybridized carbons (Fsp3) is 0.343. The first-order valence-electron chi connectivity index (χ1n) is 14.5. The lowest BCUT2D eigenvalue weighted by Crippen LogP contribution is -2.38. The number of carbonyl (C=O) groups excluding carboxylic acids is 2. The number of methoxy groups -OCH3 is 2. The number of fused-ring (bicyclic) bond motifs is 1. The van der Waals surface area contributed by atoms with Crippen molar-refractivity contribution in [3.63, 3.8) is 0 Å². The van der Waals surface area contributed by atoms with Crippen molar-refractivity contribution in [2.45, 2.75) is 63.8 Å². The smallest absolute Gasteiger partial charge is 0.303 e. The Morgan fingerprint density at radius 2 is 1.58 bits per heavy atom. The van der Waals surface area contributed by atoms with E-state index in [1.807, 2.05) is 30.3 Å². The van der Waals surface area contributed by atoms with Crippen LogP contribution in [0, 0.1) is 0 Å². The van der Waals surface area contributed by atoms with E-state index in [1.54, 1.807) is 24.1 Å². The van der Waals surface area contributed by atoms with Crippen LogP contribution < -0.4 is 19.7 Å². The van der Waals surface area contributed by atoms with Gasteiger partial charge in [0.05, 0.1) is 38.1 Å². The van der Waals surface area contributed by atoms with E-state index in [0.29, 0.717) is 40.4 Å². The predicted octanol–water partition coefficient (Wildman–Crippen LogP) is 6.77. The summed E-state index contributed by atoms with van der Waals surface area (Å²) in [5.41, 5.74) is 5.49. The number of carboxylic acid groups (broad SMARTS) is 1. The molecule has 43 heavy (non-hydrogen) atoms. The summed E-state index contributed by atoms with van der Waals surface area (Å²) >= 11 is 0. The number of allylic oxidation sites excluding steroid dienone is 1. The van der Waals surface area contributed by atoms with Crippen LogP contribution in [-0.4, -0.2) is 37.0 Å². The molecule has 5 rings (SSSR count). The number of hydrogen-bond donors (Lipinski definition) is 2. The molecule has 3 aromatic carbocycles. The molecule has 1 aliphatic carbocycles. The maximum absolute atomic E-state index is 14.3. The van der Waals surface area contributed by atoms with Gasteiger partial charge in [0.2, 0.25) is 5.91 Å². The average molecular weight is 583 g/mol. The van der Waals surface area contributed by atoms with Gasteiger partial charge in [-0.05, 0) is 58.7 Å². The monoisotopic (exact) mass is 582 g/mol. The van der Waals surface area contributed by atoms with Gasteiger partial charge in [-0.3, -0.25) is 19.3 Å². The Hall–Kier alpha value is -4.59. The Morgan fingerprint density at radius 3 is 2.23 bits per heavy atom. The molecule has 2 atom stereocenters. The second kappa shape index (κ2) is 12.0.